The molecule has 0 aliphatic carbocycles. The summed E-state index contributed by atoms with van der Waals surface area (Å²) in [4.78, 5) is 0. The molecule has 18 heavy (non-hydrogen) atoms. The lowest BCUT2D eigenvalue weighted by atomic mass is 10.1. The monoisotopic (exact) mass is 245 g/mol. The van der Waals surface area contributed by atoms with E-state index in [-0.39, 0.29) is 12.6 Å². The average molecular weight is 245 g/mol. The fourth-order valence-electron chi connectivity index (χ4n) is 1.94. The van der Waals surface area contributed by atoms with Crippen LogP contribution in [0.1, 0.15) is 36.3 Å². The molecular formula is C15H19NO2. The second-order valence-corrected chi connectivity index (χ2v) is 4.33. The Kier molecular flexibility index (Phi) is 4.56. The van der Waals surface area contributed by atoms with Gasteiger partial charge in [-0.2, -0.15) is 0 Å². The third kappa shape index (κ3) is 3.22. The summed E-state index contributed by atoms with van der Waals surface area (Å²) in [5.74, 6) is 0.976. The van der Waals surface area contributed by atoms with E-state index >= 15 is 0 Å². The first-order valence-electron chi connectivity index (χ1n) is 6.29. The minimum absolute atomic E-state index is 0.0949. The van der Waals surface area contributed by atoms with Gasteiger partial charge in [0.25, 0.3) is 0 Å². The smallest absolute Gasteiger partial charge is 0.120 e. The van der Waals surface area contributed by atoms with Crippen LogP contribution in [0.25, 0.3) is 0 Å². The van der Waals surface area contributed by atoms with Crippen molar-refractivity contribution in [2.24, 2.45) is 0 Å². The predicted molar refractivity (Wildman–Crippen MR) is 70.9 cm³/mol. The summed E-state index contributed by atoms with van der Waals surface area (Å²) >= 11 is 0. The second-order valence-electron chi connectivity index (χ2n) is 4.33. The van der Waals surface area contributed by atoms with E-state index in [0.29, 0.717) is 0 Å². The second kappa shape index (κ2) is 6.38. The minimum Gasteiger partial charge on any atom is -0.468 e. The van der Waals surface area contributed by atoms with E-state index in [2.05, 4.69) is 12.2 Å². The van der Waals surface area contributed by atoms with Crippen molar-refractivity contribution in [3.05, 3.63) is 59.5 Å². The van der Waals surface area contributed by atoms with Crippen LogP contribution in [0.15, 0.2) is 47.1 Å². The van der Waals surface area contributed by atoms with Gasteiger partial charge in [0, 0.05) is 6.54 Å². The molecule has 96 valence electrons. The largest absolute Gasteiger partial charge is 0.468 e. The molecule has 1 atom stereocenters. The lowest BCUT2D eigenvalue weighted by Crippen LogP contribution is -2.19. The Morgan fingerprint density at radius 3 is 2.44 bits per heavy atom. The maximum Gasteiger partial charge on any atom is 0.120 e. The topological polar surface area (TPSA) is 45.4 Å². The maximum atomic E-state index is 8.98. The number of nitrogens with one attached hydrogen (secondary N) is 1. The van der Waals surface area contributed by atoms with Gasteiger partial charge in [-0.15, -0.1) is 0 Å². The van der Waals surface area contributed by atoms with Crippen molar-refractivity contribution in [1.29, 1.82) is 0 Å². The van der Waals surface area contributed by atoms with E-state index in [1.54, 1.807) is 6.26 Å². The number of hydrogen-bond donors (Lipinski definition) is 2. The molecular weight excluding hydrogens is 226 g/mol. The molecule has 0 saturated heterocycles. The number of aliphatic hydroxyl groups is 1. The summed E-state index contributed by atoms with van der Waals surface area (Å²) in [5.41, 5.74) is 2.15. The summed E-state index contributed by atoms with van der Waals surface area (Å²) in [6, 6.07) is 12.1. The SMILES string of the molecule is CCC(NCc1ccc(CO)cc1)c1ccco1. The lowest BCUT2D eigenvalue weighted by Gasteiger charge is -2.14. The van der Waals surface area contributed by atoms with Crippen LogP contribution in [0.4, 0.5) is 0 Å². The van der Waals surface area contributed by atoms with Crippen molar-refractivity contribution in [3.63, 3.8) is 0 Å². The summed E-state index contributed by atoms with van der Waals surface area (Å²) in [6.07, 6.45) is 2.69. The third-order valence-corrected chi connectivity index (χ3v) is 3.05. The Bertz CT molecular complexity index is 448. The van der Waals surface area contributed by atoms with Gasteiger partial charge in [-0.3, -0.25) is 0 Å². The number of aliphatic hydroxyl groups excluding tert-OH is 1. The fourth-order valence-corrected chi connectivity index (χ4v) is 1.94. The molecule has 1 heterocycles. The lowest BCUT2D eigenvalue weighted by molar-refractivity contribution is 0.282. The number of rotatable bonds is 6. The van der Waals surface area contributed by atoms with E-state index in [9.17, 15) is 0 Å². The van der Waals surface area contributed by atoms with Crippen LogP contribution in [0.2, 0.25) is 0 Å². The molecule has 3 heteroatoms. The van der Waals surface area contributed by atoms with Gasteiger partial charge >= 0.3 is 0 Å². The third-order valence-electron chi connectivity index (χ3n) is 3.05. The Morgan fingerprint density at radius 2 is 1.89 bits per heavy atom. The Labute approximate surface area is 107 Å². The van der Waals surface area contributed by atoms with Crippen LogP contribution in [0.5, 0.6) is 0 Å². The van der Waals surface area contributed by atoms with Crippen LogP contribution in [0.3, 0.4) is 0 Å². The standard InChI is InChI=1S/C15H19NO2/c1-2-14(15-4-3-9-18-15)16-10-12-5-7-13(11-17)8-6-12/h3-9,14,16-17H,2,10-11H2,1H3. The van der Waals surface area contributed by atoms with E-state index in [0.717, 1.165) is 24.3 Å². The van der Waals surface area contributed by atoms with E-state index < -0.39 is 0 Å². The molecule has 0 saturated carbocycles. The van der Waals surface area contributed by atoms with Crippen LogP contribution < -0.4 is 5.32 Å². The molecule has 0 radical (unpaired) electrons. The van der Waals surface area contributed by atoms with Crippen LogP contribution in [0, 0.1) is 0 Å². The summed E-state index contributed by atoms with van der Waals surface area (Å²) in [6.45, 7) is 3.03. The van der Waals surface area contributed by atoms with Crippen molar-refractivity contribution in [3.8, 4) is 0 Å². The normalized spacial score (nSPS) is 12.6. The van der Waals surface area contributed by atoms with Crippen LogP contribution >= 0.6 is 0 Å². The molecule has 0 aliphatic heterocycles. The van der Waals surface area contributed by atoms with Gasteiger partial charge in [-0.05, 0) is 29.7 Å². The van der Waals surface area contributed by atoms with Gasteiger partial charge in [0.05, 0.1) is 18.9 Å². The quantitative estimate of drug-likeness (QED) is 0.822. The van der Waals surface area contributed by atoms with Crippen LogP contribution in [-0.4, -0.2) is 5.11 Å². The molecule has 1 aromatic heterocycles. The van der Waals surface area contributed by atoms with Crippen molar-refractivity contribution < 1.29 is 9.52 Å². The average Bonchev–Trinajstić information content (AvgIpc) is 2.94. The number of furan rings is 1. The zero-order chi connectivity index (χ0) is 12.8. The van der Waals surface area contributed by atoms with E-state index in [1.165, 1.54) is 5.56 Å². The Hall–Kier alpha value is -1.58. The van der Waals surface area contributed by atoms with Gasteiger partial charge in [0.1, 0.15) is 5.76 Å². The summed E-state index contributed by atoms with van der Waals surface area (Å²) in [7, 11) is 0. The van der Waals surface area contributed by atoms with Gasteiger partial charge in [0.2, 0.25) is 0 Å². The predicted octanol–water partition coefficient (Wildman–Crippen LogP) is 3.01. The first kappa shape index (κ1) is 12.9. The van der Waals surface area contributed by atoms with Gasteiger partial charge in [-0.1, -0.05) is 31.2 Å². The van der Waals surface area contributed by atoms with Crippen molar-refractivity contribution >= 4 is 0 Å². The molecule has 1 aromatic carbocycles. The van der Waals surface area contributed by atoms with Crippen LogP contribution in [-0.2, 0) is 13.2 Å². The maximum absolute atomic E-state index is 8.98. The molecule has 0 fully saturated rings. The molecule has 2 N–H and O–H groups in total. The van der Waals surface area contributed by atoms with Gasteiger partial charge in [-0.25, -0.2) is 0 Å². The van der Waals surface area contributed by atoms with E-state index in [1.807, 2.05) is 36.4 Å². The summed E-state index contributed by atoms with van der Waals surface area (Å²) in [5, 5.41) is 12.5. The van der Waals surface area contributed by atoms with Crippen molar-refractivity contribution in [2.45, 2.75) is 32.5 Å². The van der Waals surface area contributed by atoms with E-state index in [4.69, 9.17) is 9.52 Å². The molecule has 2 aromatic rings. The minimum atomic E-state index is 0.0949. The van der Waals surface area contributed by atoms with Gasteiger partial charge in [0.15, 0.2) is 0 Å². The van der Waals surface area contributed by atoms with Gasteiger partial charge < -0.3 is 14.8 Å². The first-order chi connectivity index (χ1) is 8.83. The zero-order valence-electron chi connectivity index (χ0n) is 10.6. The Balaban J connectivity index is 1.93. The molecule has 2 rings (SSSR count). The first-order valence-corrected chi connectivity index (χ1v) is 6.29. The highest BCUT2D eigenvalue weighted by molar-refractivity contribution is 5.22. The highest BCUT2D eigenvalue weighted by Gasteiger charge is 2.10. The number of hydrogen-bond acceptors (Lipinski definition) is 3. The molecule has 3 nitrogen and oxygen atoms in total. The Morgan fingerprint density at radius 1 is 1.17 bits per heavy atom. The molecule has 1 unspecified atom stereocenters. The number of benzene rings is 1. The highest BCUT2D eigenvalue weighted by Crippen LogP contribution is 2.17. The molecule has 0 aliphatic rings. The molecule has 0 amide bonds. The summed E-state index contributed by atoms with van der Waals surface area (Å²) < 4.78 is 5.42. The highest BCUT2D eigenvalue weighted by atomic mass is 16.3. The van der Waals surface area contributed by atoms with Crippen molar-refractivity contribution in [2.75, 3.05) is 0 Å². The van der Waals surface area contributed by atoms with Crippen molar-refractivity contribution in [1.82, 2.24) is 5.32 Å². The zero-order valence-corrected chi connectivity index (χ0v) is 10.6. The molecule has 0 bridgehead atoms. The fraction of sp³-hybridized carbons (Fsp3) is 0.333. The molecule has 0 spiro atoms.